The molecular weight excluding hydrogens is 244 g/mol. The number of nitrogens with zero attached hydrogens (tertiary/aromatic N) is 1. The Morgan fingerprint density at radius 2 is 1.89 bits per heavy atom. The van der Waals surface area contributed by atoms with Gasteiger partial charge in [0.05, 0.1) is 5.56 Å². The Hall–Kier alpha value is -2.56. The molecule has 0 aliphatic rings. The molecule has 98 valence electrons. The maximum absolute atomic E-state index is 11.8. The molecule has 1 aromatic carbocycles. The second-order valence-electron chi connectivity index (χ2n) is 4.09. The number of aromatic nitrogens is 1. The zero-order valence-electron chi connectivity index (χ0n) is 10.4. The molecule has 1 heterocycles. The van der Waals surface area contributed by atoms with E-state index in [-0.39, 0.29) is 0 Å². The van der Waals surface area contributed by atoms with E-state index in [9.17, 15) is 9.59 Å². The highest BCUT2D eigenvalue weighted by Crippen LogP contribution is 2.12. The fraction of sp³-hybridized carbons (Fsp3) is 0.143. The van der Waals surface area contributed by atoms with Gasteiger partial charge < -0.3 is 15.0 Å². The monoisotopic (exact) mass is 258 g/mol. The molecule has 0 saturated carbocycles. The number of nitrogens with two attached hydrogens (primary N) is 1. The highest BCUT2D eigenvalue weighted by molar-refractivity contribution is 5.92. The van der Waals surface area contributed by atoms with Crippen LogP contribution in [-0.4, -0.2) is 22.5 Å². The molecule has 1 amide bonds. The summed E-state index contributed by atoms with van der Waals surface area (Å²) < 4.78 is 6.82. The van der Waals surface area contributed by atoms with Gasteiger partial charge in [-0.25, -0.2) is 4.79 Å². The van der Waals surface area contributed by atoms with Crippen molar-refractivity contribution >= 4 is 11.9 Å². The molecule has 0 bridgehead atoms. The predicted molar refractivity (Wildman–Crippen MR) is 69.8 cm³/mol. The minimum atomic E-state index is -0.942. The summed E-state index contributed by atoms with van der Waals surface area (Å²) in [4.78, 5) is 22.7. The van der Waals surface area contributed by atoms with Crippen molar-refractivity contribution in [3.63, 3.8) is 0 Å². The van der Waals surface area contributed by atoms with E-state index >= 15 is 0 Å². The third kappa shape index (κ3) is 3.01. The smallest absolute Gasteiger partial charge is 0.338 e. The summed E-state index contributed by atoms with van der Waals surface area (Å²) in [5.74, 6) is -1.24. The normalized spacial score (nSPS) is 11.8. The van der Waals surface area contributed by atoms with Crippen LogP contribution in [0.25, 0.3) is 5.69 Å². The Kier molecular flexibility index (Phi) is 3.66. The summed E-state index contributed by atoms with van der Waals surface area (Å²) in [6.45, 7) is 1.44. The van der Waals surface area contributed by atoms with Crippen LogP contribution < -0.4 is 5.73 Å². The van der Waals surface area contributed by atoms with Gasteiger partial charge in [0.1, 0.15) is 0 Å². The van der Waals surface area contributed by atoms with Crippen LogP contribution in [0.5, 0.6) is 0 Å². The van der Waals surface area contributed by atoms with Crippen LogP contribution in [0.1, 0.15) is 17.3 Å². The minimum Gasteiger partial charge on any atom is -0.449 e. The molecule has 2 aromatic rings. The van der Waals surface area contributed by atoms with Crippen LogP contribution in [0.4, 0.5) is 0 Å². The molecular formula is C14H14N2O3. The number of hydrogen-bond acceptors (Lipinski definition) is 3. The Morgan fingerprint density at radius 3 is 2.53 bits per heavy atom. The first-order valence-corrected chi connectivity index (χ1v) is 5.81. The van der Waals surface area contributed by atoms with Crippen molar-refractivity contribution in [2.75, 3.05) is 0 Å². The first-order valence-electron chi connectivity index (χ1n) is 5.81. The zero-order chi connectivity index (χ0) is 13.8. The first kappa shape index (κ1) is 12.9. The van der Waals surface area contributed by atoms with E-state index < -0.39 is 18.0 Å². The molecule has 19 heavy (non-hydrogen) atoms. The van der Waals surface area contributed by atoms with E-state index in [0.717, 1.165) is 5.69 Å². The van der Waals surface area contributed by atoms with E-state index in [2.05, 4.69) is 0 Å². The van der Waals surface area contributed by atoms with Gasteiger partial charge in [-0.05, 0) is 37.3 Å². The molecule has 1 atom stereocenters. The van der Waals surface area contributed by atoms with Crippen LogP contribution >= 0.6 is 0 Å². The number of esters is 1. The van der Waals surface area contributed by atoms with E-state index in [4.69, 9.17) is 10.5 Å². The average Bonchev–Trinajstić information content (AvgIpc) is 2.92. The molecule has 1 aromatic heterocycles. The summed E-state index contributed by atoms with van der Waals surface area (Å²) in [6, 6.07) is 10.7. The fourth-order valence-corrected chi connectivity index (χ4v) is 1.59. The van der Waals surface area contributed by atoms with Crippen LogP contribution in [0, 0.1) is 0 Å². The second kappa shape index (κ2) is 5.39. The highest BCUT2D eigenvalue weighted by Gasteiger charge is 2.16. The summed E-state index contributed by atoms with van der Waals surface area (Å²) in [5, 5.41) is 0. The number of ether oxygens (including phenoxy) is 1. The first-order chi connectivity index (χ1) is 9.08. The lowest BCUT2D eigenvalue weighted by Gasteiger charge is -2.10. The van der Waals surface area contributed by atoms with Gasteiger partial charge in [-0.15, -0.1) is 0 Å². The Balaban J connectivity index is 2.19. The molecule has 0 aliphatic carbocycles. The number of benzene rings is 1. The third-order valence-electron chi connectivity index (χ3n) is 2.67. The summed E-state index contributed by atoms with van der Waals surface area (Å²) in [7, 11) is 0. The molecule has 5 heteroatoms. The van der Waals surface area contributed by atoms with Crippen molar-refractivity contribution in [1.29, 1.82) is 0 Å². The van der Waals surface area contributed by atoms with Gasteiger partial charge in [-0.1, -0.05) is 6.07 Å². The number of carbonyl (C=O) groups is 2. The third-order valence-corrected chi connectivity index (χ3v) is 2.67. The van der Waals surface area contributed by atoms with Gasteiger partial charge >= 0.3 is 5.97 Å². The van der Waals surface area contributed by atoms with Crippen LogP contribution in [0.3, 0.4) is 0 Å². The van der Waals surface area contributed by atoms with Crippen LogP contribution in [0.2, 0.25) is 0 Å². The number of hydrogen-bond donors (Lipinski definition) is 1. The lowest BCUT2D eigenvalue weighted by molar-refractivity contribution is -0.125. The Morgan fingerprint density at radius 1 is 1.21 bits per heavy atom. The van der Waals surface area contributed by atoms with Crippen LogP contribution in [0.15, 0.2) is 48.8 Å². The Bertz CT molecular complexity index is 590. The maximum Gasteiger partial charge on any atom is 0.338 e. The van der Waals surface area contributed by atoms with E-state index in [1.807, 2.05) is 35.2 Å². The second-order valence-corrected chi connectivity index (χ2v) is 4.09. The summed E-state index contributed by atoms with van der Waals surface area (Å²) >= 11 is 0. The number of amides is 1. The maximum atomic E-state index is 11.8. The molecule has 5 nitrogen and oxygen atoms in total. The summed E-state index contributed by atoms with van der Waals surface area (Å²) in [5.41, 5.74) is 6.26. The molecule has 0 aliphatic heterocycles. The quantitative estimate of drug-likeness (QED) is 0.845. The molecule has 0 saturated heterocycles. The Labute approximate surface area is 110 Å². The SMILES string of the molecule is C[C@H](OC(=O)c1cccc(-n2cccc2)c1)C(N)=O. The van der Waals surface area contributed by atoms with Gasteiger partial charge in [0, 0.05) is 18.1 Å². The fourth-order valence-electron chi connectivity index (χ4n) is 1.59. The van der Waals surface area contributed by atoms with Crippen molar-refractivity contribution < 1.29 is 14.3 Å². The van der Waals surface area contributed by atoms with Crippen molar-refractivity contribution in [1.82, 2.24) is 4.57 Å². The van der Waals surface area contributed by atoms with Gasteiger partial charge in [-0.3, -0.25) is 4.79 Å². The van der Waals surface area contributed by atoms with E-state index in [0.29, 0.717) is 5.56 Å². The standard InChI is InChI=1S/C14H14N2O3/c1-10(13(15)17)19-14(18)11-5-4-6-12(9-11)16-7-2-3-8-16/h2-10H,1H3,(H2,15,17)/t10-/m0/s1. The molecule has 0 unspecified atom stereocenters. The van der Waals surface area contributed by atoms with Gasteiger partial charge in [-0.2, -0.15) is 0 Å². The molecule has 2 N–H and O–H groups in total. The highest BCUT2D eigenvalue weighted by atomic mass is 16.5. The average molecular weight is 258 g/mol. The number of primary amides is 1. The number of rotatable bonds is 4. The van der Waals surface area contributed by atoms with Gasteiger partial charge in [0.2, 0.25) is 0 Å². The van der Waals surface area contributed by atoms with E-state index in [1.165, 1.54) is 6.92 Å². The van der Waals surface area contributed by atoms with Crippen molar-refractivity contribution in [2.24, 2.45) is 5.73 Å². The van der Waals surface area contributed by atoms with E-state index in [1.54, 1.807) is 18.2 Å². The lowest BCUT2D eigenvalue weighted by atomic mass is 10.2. The summed E-state index contributed by atoms with van der Waals surface area (Å²) in [6.07, 6.45) is 2.80. The number of carbonyl (C=O) groups excluding carboxylic acids is 2. The van der Waals surface area contributed by atoms with Crippen molar-refractivity contribution in [3.8, 4) is 5.69 Å². The molecule has 0 radical (unpaired) electrons. The molecule has 2 rings (SSSR count). The lowest BCUT2D eigenvalue weighted by Crippen LogP contribution is -2.30. The zero-order valence-corrected chi connectivity index (χ0v) is 10.4. The topological polar surface area (TPSA) is 74.3 Å². The van der Waals surface area contributed by atoms with Gasteiger partial charge in [0.25, 0.3) is 5.91 Å². The molecule has 0 spiro atoms. The van der Waals surface area contributed by atoms with Crippen LogP contribution in [-0.2, 0) is 9.53 Å². The minimum absolute atomic E-state index is 0.374. The van der Waals surface area contributed by atoms with Crippen molar-refractivity contribution in [2.45, 2.75) is 13.0 Å². The van der Waals surface area contributed by atoms with Crippen molar-refractivity contribution in [3.05, 3.63) is 54.4 Å². The predicted octanol–water partition coefficient (Wildman–Crippen LogP) is 1.51. The largest absolute Gasteiger partial charge is 0.449 e. The van der Waals surface area contributed by atoms with Gasteiger partial charge in [0.15, 0.2) is 6.10 Å². The molecule has 0 fully saturated rings.